The summed E-state index contributed by atoms with van der Waals surface area (Å²) in [5.41, 5.74) is 16.5. The average Bonchev–Trinajstić information content (AvgIpc) is 2.82. The minimum Gasteiger partial charge on any atom is -0.478 e. The number of carboxylic acids is 1. The van der Waals surface area contributed by atoms with Crippen LogP contribution in [-0.4, -0.2) is 55.2 Å². The number of hydrogen-bond donors (Lipinski definition) is 4. The lowest BCUT2D eigenvalue weighted by molar-refractivity contribution is 0.0698. The molecule has 0 heterocycles. The lowest BCUT2D eigenvalue weighted by atomic mass is 10.2. The Morgan fingerprint density at radius 1 is 0.688 bits per heavy atom. The molecule has 3 aromatic rings. The maximum Gasteiger partial charge on any atom is 0.336 e. The van der Waals surface area contributed by atoms with Gasteiger partial charge in [0.15, 0.2) is 0 Å². The lowest BCUT2D eigenvalue weighted by Crippen LogP contribution is -2.37. The predicted molar refractivity (Wildman–Crippen MR) is 136 cm³/mol. The summed E-state index contributed by atoms with van der Waals surface area (Å²) in [5.74, 6) is -0.880. The third-order valence-electron chi connectivity index (χ3n) is 4.74. The van der Waals surface area contributed by atoms with Gasteiger partial charge in [-0.15, -0.1) is 0 Å². The number of hydrogen-bond acceptors (Lipinski definition) is 5. The highest BCUT2D eigenvalue weighted by Gasteiger charge is 2.21. The zero-order chi connectivity index (χ0) is 23.2. The molecule has 0 atom stereocenters. The molecule has 0 bridgehead atoms. The molecule has 0 aliphatic rings. The summed E-state index contributed by atoms with van der Waals surface area (Å²) in [6, 6.07) is 27.5. The van der Waals surface area contributed by atoms with Gasteiger partial charge >= 0.3 is 5.97 Å². The van der Waals surface area contributed by atoms with Crippen molar-refractivity contribution >= 4 is 29.8 Å². The molecule has 0 saturated heterocycles. The third-order valence-corrected chi connectivity index (χ3v) is 7.24. The van der Waals surface area contributed by atoms with E-state index >= 15 is 0 Å². The minimum atomic E-state index is -0.880. The van der Waals surface area contributed by atoms with E-state index in [1.165, 1.54) is 0 Å². The fourth-order valence-corrected chi connectivity index (χ4v) is 5.76. The second kappa shape index (κ2) is 14.5. The SMILES string of the molecule is NCCN(CCN)CCN.O=C(O)c1ccccc1P(c1ccccc1)c1ccccc1. The van der Waals surface area contributed by atoms with Gasteiger partial charge < -0.3 is 22.3 Å². The maximum atomic E-state index is 11.6. The standard InChI is InChI=1S/C19H15O2P.C6H18N4/c20-19(21)17-13-7-8-14-18(17)22(15-9-3-1-4-10-15)16-11-5-2-6-12-16;7-1-4-10(5-2-8)6-3-9/h1-14H,(H,20,21);1-9H2. The largest absolute Gasteiger partial charge is 0.478 e. The van der Waals surface area contributed by atoms with Gasteiger partial charge in [-0.05, 0) is 29.9 Å². The van der Waals surface area contributed by atoms with Gasteiger partial charge in [-0.2, -0.15) is 0 Å². The second-order valence-electron chi connectivity index (χ2n) is 7.04. The molecule has 32 heavy (non-hydrogen) atoms. The van der Waals surface area contributed by atoms with Gasteiger partial charge in [-0.25, -0.2) is 4.79 Å². The fraction of sp³-hybridized carbons (Fsp3) is 0.240. The molecule has 0 aromatic heterocycles. The van der Waals surface area contributed by atoms with Crippen LogP contribution in [0.1, 0.15) is 10.4 Å². The topological polar surface area (TPSA) is 119 Å². The van der Waals surface area contributed by atoms with Gasteiger partial charge in [0.25, 0.3) is 0 Å². The van der Waals surface area contributed by atoms with Crippen molar-refractivity contribution in [3.63, 3.8) is 0 Å². The molecule has 0 spiro atoms. The van der Waals surface area contributed by atoms with Gasteiger partial charge in [0, 0.05) is 39.3 Å². The summed E-state index contributed by atoms with van der Waals surface area (Å²) >= 11 is 0. The highest BCUT2D eigenvalue weighted by molar-refractivity contribution is 7.80. The van der Waals surface area contributed by atoms with E-state index in [1.807, 2.05) is 48.5 Å². The highest BCUT2D eigenvalue weighted by atomic mass is 31.1. The van der Waals surface area contributed by atoms with Crippen LogP contribution in [0.15, 0.2) is 84.9 Å². The Kier molecular flexibility index (Phi) is 11.6. The van der Waals surface area contributed by atoms with E-state index in [0.29, 0.717) is 25.2 Å². The number of nitrogens with zero attached hydrogens (tertiary/aromatic N) is 1. The van der Waals surface area contributed by atoms with Crippen LogP contribution in [0.25, 0.3) is 0 Å². The molecular formula is C25H33N4O2P. The first-order valence-corrected chi connectivity index (χ1v) is 12.0. The molecular weight excluding hydrogens is 419 g/mol. The second-order valence-corrected chi connectivity index (χ2v) is 9.22. The van der Waals surface area contributed by atoms with Crippen molar-refractivity contribution in [2.24, 2.45) is 17.2 Å². The quantitative estimate of drug-likeness (QED) is 0.345. The number of rotatable bonds is 10. The number of carbonyl (C=O) groups is 1. The Bertz CT molecular complexity index is 872. The van der Waals surface area contributed by atoms with Crippen molar-refractivity contribution in [1.82, 2.24) is 4.90 Å². The summed E-state index contributed by atoms with van der Waals surface area (Å²) in [6.07, 6.45) is 0. The Labute approximate surface area is 191 Å². The van der Waals surface area contributed by atoms with Crippen LogP contribution < -0.4 is 33.1 Å². The zero-order valence-corrected chi connectivity index (χ0v) is 19.2. The molecule has 0 radical (unpaired) electrons. The van der Waals surface area contributed by atoms with Crippen molar-refractivity contribution in [2.45, 2.75) is 0 Å². The van der Waals surface area contributed by atoms with E-state index in [-0.39, 0.29) is 0 Å². The molecule has 0 aliphatic heterocycles. The minimum absolute atomic E-state index is 0.376. The first-order chi connectivity index (χ1) is 15.6. The molecule has 0 fully saturated rings. The van der Waals surface area contributed by atoms with Crippen molar-refractivity contribution in [3.8, 4) is 0 Å². The van der Waals surface area contributed by atoms with Crippen LogP contribution in [0.4, 0.5) is 0 Å². The van der Waals surface area contributed by atoms with Crippen LogP contribution >= 0.6 is 7.92 Å². The van der Waals surface area contributed by atoms with Gasteiger partial charge in [0.2, 0.25) is 0 Å². The third kappa shape index (κ3) is 7.83. The molecule has 0 unspecified atom stereocenters. The van der Waals surface area contributed by atoms with E-state index in [1.54, 1.807) is 12.1 Å². The van der Waals surface area contributed by atoms with Gasteiger partial charge in [0.05, 0.1) is 5.56 Å². The Morgan fingerprint density at radius 3 is 1.50 bits per heavy atom. The molecule has 3 rings (SSSR count). The summed E-state index contributed by atoms with van der Waals surface area (Å²) in [6.45, 7) is 4.73. The Morgan fingerprint density at radius 2 is 1.09 bits per heavy atom. The number of aromatic carboxylic acids is 1. The summed E-state index contributed by atoms with van der Waals surface area (Å²) < 4.78 is 0. The molecule has 7 heteroatoms. The van der Waals surface area contributed by atoms with E-state index in [9.17, 15) is 9.90 Å². The van der Waals surface area contributed by atoms with Crippen molar-refractivity contribution in [2.75, 3.05) is 39.3 Å². The number of benzene rings is 3. The van der Waals surface area contributed by atoms with Crippen LogP contribution in [0.2, 0.25) is 0 Å². The van der Waals surface area contributed by atoms with Crippen molar-refractivity contribution < 1.29 is 9.90 Å². The first kappa shape index (κ1) is 25.7. The summed E-state index contributed by atoms with van der Waals surface area (Å²) in [5, 5.41) is 12.7. The van der Waals surface area contributed by atoms with E-state index < -0.39 is 13.9 Å². The first-order valence-electron chi connectivity index (χ1n) is 10.7. The monoisotopic (exact) mass is 452 g/mol. The van der Waals surface area contributed by atoms with Crippen molar-refractivity contribution in [1.29, 1.82) is 0 Å². The smallest absolute Gasteiger partial charge is 0.336 e. The molecule has 7 N–H and O–H groups in total. The average molecular weight is 453 g/mol. The normalized spacial score (nSPS) is 10.7. The van der Waals surface area contributed by atoms with E-state index in [4.69, 9.17) is 17.2 Å². The Hall–Kier alpha value is -2.60. The van der Waals surface area contributed by atoms with Gasteiger partial charge in [0.1, 0.15) is 0 Å². The van der Waals surface area contributed by atoms with E-state index in [0.717, 1.165) is 35.5 Å². The van der Waals surface area contributed by atoms with E-state index in [2.05, 4.69) is 29.2 Å². The number of nitrogens with two attached hydrogens (primary N) is 3. The lowest BCUT2D eigenvalue weighted by Gasteiger charge is -2.20. The molecule has 0 amide bonds. The molecule has 3 aromatic carbocycles. The fourth-order valence-electron chi connectivity index (χ4n) is 3.31. The highest BCUT2D eigenvalue weighted by Crippen LogP contribution is 2.33. The molecule has 0 saturated carbocycles. The summed E-state index contributed by atoms with van der Waals surface area (Å²) in [7, 11) is -0.880. The molecule has 170 valence electrons. The van der Waals surface area contributed by atoms with Crippen molar-refractivity contribution in [3.05, 3.63) is 90.5 Å². The van der Waals surface area contributed by atoms with Crippen LogP contribution in [-0.2, 0) is 0 Å². The Balaban J connectivity index is 0.000000309. The van der Waals surface area contributed by atoms with Crippen LogP contribution in [0, 0.1) is 0 Å². The van der Waals surface area contributed by atoms with Crippen LogP contribution in [0.3, 0.4) is 0 Å². The zero-order valence-electron chi connectivity index (χ0n) is 18.3. The van der Waals surface area contributed by atoms with Gasteiger partial charge in [-0.1, -0.05) is 78.9 Å². The molecule has 0 aliphatic carbocycles. The predicted octanol–water partition coefficient (Wildman–Crippen LogP) is 1.31. The maximum absolute atomic E-state index is 11.6. The molecule has 6 nitrogen and oxygen atoms in total. The van der Waals surface area contributed by atoms with Crippen LogP contribution in [0.5, 0.6) is 0 Å². The summed E-state index contributed by atoms with van der Waals surface area (Å²) in [4.78, 5) is 13.8. The van der Waals surface area contributed by atoms with Gasteiger partial charge in [-0.3, -0.25) is 4.90 Å². The number of carboxylic acid groups (broad SMARTS) is 1.